The molecule has 2 aromatic rings. The first-order valence-electron chi connectivity index (χ1n) is 8.90. The zero-order valence-electron chi connectivity index (χ0n) is 15.9. The summed E-state index contributed by atoms with van der Waals surface area (Å²) < 4.78 is 42.4. The maximum absolute atomic E-state index is 14.2. The summed E-state index contributed by atoms with van der Waals surface area (Å²) in [6, 6.07) is 4.90. The molecule has 1 unspecified atom stereocenters. The number of carbonyl (C=O) groups excluding carboxylic acids is 1. The van der Waals surface area contributed by atoms with E-state index in [2.05, 4.69) is 10.4 Å². The first-order chi connectivity index (χ1) is 12.8. The molecule has 0 aliphatic carbocycles. The van der Waals surface area contributed by atoms with E-state index >= 15 is 0 Å². The molecule has 1 amide bonds. The molecule has 27 heavy (non-hydrogen) atoms. The van der Waals surface area contributed by atoms with Gasteiger partial charge >= 0.3 is 0 Å². The highest BCUT2D eigenvalue weighted by atomic mass is 32.2. The van der Waals surface area contributed by atoms with E-state index in [1.165, 1.54) is 10.4 Å². The lowest BCUT2D eigenvalue weighted by Gasteiger charge is -2.19. The molecule has 1 heterocycles. The zero-order valence-corrected chi connectivity index (χ0v) is 16.8. The number of anilines is 1. The van der Waals surface area contributed by atoms with Gasteiger partial charge in [0.2, 0.25) is 10.0 Å². The van der Waals surface area contributed by atoms with Gasteiger partial charge in [-0.3, -0.25) is 4.79 Å². The fraction of sp³-hybridized carbons (Fsp3) is 0.444. The van der Waals surface area contributed by atoms with Crippen LogP contribution in [0, 0.1) is 5.82 Å². The van der Waals surface area contributed by atoms with Gasteiger partial charge in [0.15, 0.2) is 0 Å². The summed E-state index contributed by atoms with van der Waals surface area (Å²) in [6.07, 6.45) is 2.34. The van der Waals surface area contributed by atoms with Crippen molar-refractivity contribution in [1.82, 2.24) is 14.1 Å². The third kappa shape index (κ3) is 4.36. The number of aromatic nitrogens is 2. The minimum atomic E-state index is -3.79. The molecule has 9 heteroatoms. The van der Waals surface area contributed by atoms with Crippen molar-refractivity contribution in [2.45, 2.75) is 45.1 Å². The quantitative estimate of drug-likeness (QED) is 0.742. The van der Waals surface area contributed by atoms with Gasteiger partial charge in [0.25, 0.3) is 5.91 Å². The van der Waals surface area contributed by atoms with Crippen molar-refractivity contribution in [3.05, 3.63) is 41.8 Å². The van der Waals surface area contributed by atoms with E-state index < -0.39 is 21.7 Å². The van der Waals surface area contributed by atoms with Crippen molar-refractivity contribution in [3.63, 3.8) is 0 Å². The summed E-state index contributed by atoms with van der Waals surface area (Å²) >= 11 is 0. The topological polar surface area (TPSA) is 84.3 Å². The Morgan fingerprint density at radius 3 is 2.52 bits per heavy atom. The van der Waals surface area contributed by atoms with Crippen LogP contribution in [0.25, 0.3) is 0 Å². The molecule has 1 atom stereocenters. The zero-order chi connectivity index (χ0) is 20.2. The third-order valence-corrected chi connectivity index (χ3v) is 6.49. The van der Waals surface area contributed by atoms with Gasteiger partial charge in [-0.05, 0) is 31.5 Å². The van der Waals surface area contributed by atoms with Crippen LogP contribution in [-0.2, 0) is 10.0 Å². The third-order valence-electron chi connectivity index (χ3n) is 4.45. The smallest absolute Gasteiger partial charge is 0.259 e. The maximum Gasteiger partial charge on any atom is 0.259 e. The van der Waals surface area contributed by atoms with Crippen LogP contribution in [0.2, 0.25) is 0 Å². The van der Waals surface area contributed by atoms with Gasteiger partial charge in [-0.25, -0.2) is 17.5 Å². The molecule has 0 spiro atoms. The van der Waals surface area contributed by atoms with Gasteiger partial charge in [0, 0.05) is 19.2 Å². The molecule has 0 bridgehead atoms. The first kappa shape index (κ1) is 21.0. The number of amides is 1. The predicted molar refractivity (Wildman–Crippen MR) is 102 cm³/mol. The fourth-order valence-corrected chi connectivity index (χ4v) is 4.16. The van der Waals surface area contributed by atoms with Crippen LogP contribution in [0.5, 0.6) is 0 Å². The van der Waals surface area contributed by atoms with Gasteiger partial charge in [-0.2, -0.15) is 9.40 Å². The molecule has 1 aromatic heterocycles. The minimum Gasteiger partial charge on any atom is -0.307 e. The number of halogens is 1. The summed E-state index contributed by atoms with van der Waals surface area (Å²) in [7, 11) is -3.79. The number of nitrogens with zero attached hydrogens (tertiary/aromatic N) is 3. The second kappa shape index (κ2) is 8.62. The van der Waals surface area contributed by atoms with E-state index in [0.29, 0.717) is 5.82 Å². The van der Waals surface area contributed by atoms with Crippen LogP contribution in [0.1, 0.15) is 50.5 Å². The fourth-order valence-electron chi connectivity index (χ4n) is 2.67. The number of rotatable bonds is 8. The number of sulfonamides is 1. The molecule has 0 saturated heterocycles. The maximum atomic E-state index is 14.2. The molecule has 0 saturated carbocycles. The lowest BCUT2D eigenvalue weighted by molar-refractivity contribution is 0.102. The molecule has 1 aromatic carbocycles. The summed E-state index contributed by atoms with van der Waals surface area (Å²) in [5, 5.41) is 6.78. The molecule has 7 nitrogen and oxygen atoms in total. The van der Waals surface area contributed by atoms with Crippen molar-refractivity contribution in [1.29, 1.82) is 0 Å². The molecular formula is C18H25FN4O3S. The van der Waals surface area contributed by atoms with Crippen LogP contribution in [0.3, 0.4) is 0 Å². The highest BCUT2D eigenvalue weighted by Gasteiger charge is 2.24. The summed E-state index contributed by atoms with van der Waals surface area (Å²) in [5.41, 5.74) is -0.333. The Hall–Kier alpha value is -2.26. The van der Waals surface area contributed by atoms with Crippen LogP contribution >= 0.6 is 0 Å². The molecular weight excluding hydrogens is 371 g/mol. The SMILES string of the molecule is CCC(C)n1nccc1NC(=O)c1cc(S(=O)(=O)N(CC)CC)ccc1F. The van der Waals surface area contributed by atoms with Crippen LogP contribution in [0.4, 0.5) is 10.2 Å². The standard InChI is InChI=1S/C18H25FN4O3S/c1-5-13(4)23-17(10-11-20-23)21-18(24)15-12-14(8-9-16(15)19)27(25,26)22(6-2)7-3/h8-13H,5-7H2,1-4H3,(H,21,24). The van der Waals surface area contributed by atoms with Crippen LogP contribution < -0.4 is 5.32 Å². The molecule has 0 radical (unpaired) electrons. The Kier molecular flexibility index (Phi) is 6.72. The average Bonchev–Trinajstić information content (AvgIpc) is 3.10. The summed E-state index contributed by atoms with van der Waals surface area (Å²) in [4.78, 5) is 12.5. The normalized spacial score (nSPS) is 13.0. The Labute approximate surface area is 159 Å². The van der Waals surface area contributed by atoms with Gasteiger partial charge in [-0.1, -0.05) is 20.8 Å². The monoisotopic (exact) mass is 396 g/mol. The van der Waals surface area contributed by atoms with Gasteiger partial charge in [0.05, 0.1) is 22.7 Å². The highest BCUT2D eigenvalue weighted by molar-refractivity contribution is 7.89. The Balaban J connectivity index is 2.37. The Morgan fingerprint density at radius 1 is 1.26 bits per heavy atom. The van der Waals surface area contributed by atoms with E-state index in [-0.39, 0.29) is 29.6 Å². The second-order valence-electron chi connectivity index (χ2n) is 6.10. The Bertz CT molecular complexity index is 907. The van der Waals surface area contributed by atoms with E-state index in [0.717, 1.165) is 18.6 Å². The highest BCUT2D eigenvalue weighted by Crippen LogP contribution is 2.21. The lowest BCUT2D eigenvalue weighted by Crippen LogP contribution is -2.31. The number of benzene rings is 1. The molecule has 148 valence electrons. The number of hydrogen-bond acceptors (Lipinski definition) is 4. The molecule has 0 aliphatic rings. The van der Waals surface area contributed by atoms with Crippen LogP contribution in [0.15, 0.2) is 35.4 Å². The van der Waals surface area contributed by atoms with E-state index in [1.54, 1.807) is 30.8 Å². The number of carbonyl (C=O) groups is 1. The average molecular weight is 396 g/mol. The van der Waals surface area contributed by atoms with E-state index in [9.17, 15) is 17.6 Å². The largest absolute Gasteiger partial charge is 0.307 e. The van der Waals surface area contributed by atoms with E-state index in [1.807, 2.05) is 13.8 Å². The number of hydrogen-bond donors (Lipinski definition) is 1. The van der Waals surface area contributed by atoms with Crippen LogP contribution in [-0.4, -0.2) is 41.5 Å². The minimum absolute atomic E-state index is 0.0505. The van der Waals surface area contributed by atoms with Crippen molar-refractivity contribution in [2.24, 2.45) is 0 Å². The molecule has 0 aliphatic heterocycles. The second-order valence-corrected chi connectivity index (χ2v) is 8.04. The predicted octanol–water partition coefficient (Wildman–Crippen LogP) is 3.28. The number of nitrogens with one attached hydrogen (secondary N) is 1. The molecule has 2 rings (SSSR count). The molecule has 1 N–H and O–H groups in total. The van der Waals surface area contributed by atoms with Gasteiger partial charge in [-0.15, -0.1) is 0 Å². The lowest BCUT2D eigenvalue weighted by atomic mass is 10.2. The summed E-state index contributed by atoms with van der Waals surface area (Å²) in [5.74, 6) is -1.10. The van der Waals surface area contributed by atoms with Crippen molar-refractivity contribution in [3.8, 4) is 0 Å². The van der Waals surface area contributed by atoms with Crippen molar-refractivity contribution >= 4 is 21.7 Å². The van der Waals surface area contributed by atoms with Crippen molar-refractivity contribution in [2.75, 3.05) is 18.4 Å². The Morgan fingerprint density at radius 2 is 1.93 bits per heavy atom. The first-order valence-corrected chi connectivity index (χ1v) is 10.3. The van der Waals surface area contributed by atoms with Gasteiger partial charge in [0.1, 0.15) is 11.6 Å². The summed E-state index contributed by atoms with van der Waals surface area (Å²) in [6.45, 7) is 7.93. The van der Waals surface area contributed by atoms with Crippen molar-refractivity contribution < 1.29 is 17.6 Å². The van der Waals surface area contributed by atoms with E-state index in [4.69, 9.17) is 0 Å². The molecule has 0 fully saturated rings. The van der Waals surface area contributed by atoms with Gasteiger partial charge < -0.3 is 5.32 Å².